The SMILES string of the molecule is CCCc1nc(CCN(C)C)sc1C(=O)N1CCNCC1. The monoisotopic (exact) mass is 310 g/mol. The molecule has 1 aliphatic rings. The van der Waals surface area contributed by atoms with Crippen molar-refractivity contribution in [1.29, 1.82) is 0 Å². The molecular weight excluding hydrogens is 284 g/mol. The van der Waals surface area contributed by atoms with Gasteiger partial charge in [-0.15, -0.1) is 11.3 Å². The highest BCUT2D eigenvalue weighted by Gasteiger charge is 2.23. The average Bonchev–Trinajstić information content (AvgIpc) is 2.89. The van der Waals surface area contributed by atoms with Crippen LogP contribution in [0.2, 0.25) is 0 Å². The molecule has 5 nitrogen and oxygen atoms in total. The Kier molecular flexibility index (Phi) is 6.14. The summed E-state index contributed by atoms with van der Waals surface area (Å²) in [4.78, 5) is 22.4. The quantitative estimate of drug-likeness (QED) is 0.859. The minimum absolute atomic E-state index is 0.175. The number of nitrogens with one attached hydrogen (secondary N) is 1. The Labute approximate surface area is 131 Å². The van der Waals surface area contributed by atoms with Crippen molar-refractivity contribution in [1.82, 2.24) is 20.1 Å². The summed E-state index contributed by atoms with van der Waals surface area (Å²) in [7, 11) is 4.13. The lowest BCUT2D eigenvalue weighted by atomic mass is 10.2. The number of aryl methyl sites for hydroxylation is 1. The first-order valence-electron chi connectivity index (χ1n) is 7.75. The predicted octanol–water partition coefficient (Wildman–Crippen LogP) is 1.25. The van der Waals surface area contributed by atoms with Crippen LogP contribution in [-0.4, -0.2) is 67.5 Å². The molecule has 21 heavy (non-hydrogen) atoms. The molecule has 118 valence electrons. The molecule has 1 amide bonds. The Morgan fingerprint density at radius 3 is 2.67 bits per heavy atom. The topological polar surface area (TPSA) is 48.5 Å². The number of thiazole rings is 1. The van der Waals surface area contributed by atoms with E-state index in [9.17, 15) is 4.79 Å². The maximum Gasteiger partial charge on any atom is 0.265 e. The van der Waals surface area contributed by atoms with Crippen molar-refractivity contribution in [3.05, 3.63) is 15.6 Å². The molecule has 0 aliphatic carbocycles. The summed E-state index contributed by atoms with van der Waals surface area (Å²) in [6.07, 6.45) is 2.84. The fourth-order valence-corrected chi connectivity index (χ4v) is 3.48. The van der Waals surface area contributed by atoms with Gasteiger partial charge in [0, 0.05) is 39.1 Å². The van der Waals surface area contributed by atoms with Crippen LogP contribution in [0.15, 0.2) is 0 Å². The van der Waals surface area contributed by atoms with Crippen molar-refractivity contribution < 1.29 is 4.79 Å². The number of likely N-dealkylation sites (N-methyl/N-ethyl adjacent to an activating group) is 1. The molecule has 1 aromatic heterocycles. The summed E-state index contributed by atoms with van der Waals surface area (Å²) in [6, 6.07) is 0. The van der Waals surface area contributed by atoms with Gasteiger partial charge in [0.25, 0.3) is 5.91 Å². The van der Waals surface area contributed by atoms with E-state index in [-0.39, 0.29) is 5.91 Å². The summed E-state index contributed by atoms with van der Waals surface area (Å²) >= 11 is 1.59. The smallest absolute Gasteiger partial charge is 0.265 e. The van der Waals surface area contributed by atoms with Crippen LogP contribution >= 0.6 is 11.3 Å². The van der Waals surface area contributed by atoms with Crippen molar-refractivity contribution in [2.24, 2.45) is 0 Å². The molecule has 6 heteroatoms. The zero-order valence-corrected chi connectivity index (χ0v) is 14.1. The Hall–Kier alpha value is -0.980. The third-order valence-electron chi connectivity index (χ3n) is 3.60. The number of carbonyl (C=O) groups excluding carboxylic acids is 1. The van der Waals surface area contributed by atoms with Crippen molar-refractivity contribution in [2.45, 2.75) is 26.2 Å². The summed E-state index contributed by atoms with van der Waals surface area (Å²) in [5.74, 6) is 0.175. The van der Waals surface area contributed by atoms with Gasteiger partial charge in [-0.2, -0.15) is 0 Å². The molecule has 0 atom stereocenters. The molecule has 1 fully saturated rings. The molecule has 0 aromatic carbocycles. The highest BCUT2D eigenvalue weighted by Crippen LogP contribution is 2.23. The lowest BCUT2D eigenvalue weighted by molar-refractivity contribution is 0.0739. The van der Waals surface area contributed by atoms with Gasteiger partial charge in [0.15, 0.2) is 0 Å². The normalized spacial score (nSPS) is 15.7. The Morgan fingerprint density at radius 1 is 1.33 bits per heavy atom. The predicted molar refractivity (Wildman–Crippen MR) is 87.1 cm³/mol. The van der Waals surface area contributed by atoms with Crippen molar-refractivity contribution in [3.8, 4) is 0 Å². The van der Waals surface area contributed by atoms with Crippen LogP contribution in [-0.2, 0) is 12.8 Å². The van der Waals surface area contributed by atoms with E-state index >= 15 is 0 Å². The average molecular weight is 310 g/mol. The molecule has 0 unspecified atom stereocenters. The number of carbonyl (C=O) groups is 1. The summed E-state index contributed by atoms with van der Waals surface area (Å²) in [5.41, 5.74) is 1.000. The van der Waals surface area contributed by atoms with Gasteiger partial charge in [0.1, 0.15) is 4.88 Å². The summed E-state index contributed by atoms with van der Waals surface area (Å²) in [5, 5.41) is 4.38. The van der Waals surface area contributed by atoms with Gasteiger partial charge in [-0.05, 0) is 20.5 Å². The van der Waals surface area contributed by atoms with Gasteiger partial charge in [0.2, 0.25) is 0 Å². The zero-order chi connectivity index (χ0) is 15.2. The van der Waals surface area contributed by atoms with Gasteiger partial charge in [-0.25, -0.2) is 4.98 Å². The van der Waals surface area contributed by atoms with Crippen molar-refractivity contribution in [2.75, 3.05) is 46.8 Å². The highest BCUT2D eigenvalue weighted by atomic mass is 32.1. The number of piperazine rings is 1. The number of hydrogen-bond donors (Lipinski definition) is 1. The first-order valence-corrected chi connectivity index (χ1v) is 8.56. The molecule has 1 N–H and O–H groups in total. The minimum atomic E-state index is 0.175. The minimum Gasteiger partial charge on any atom is -0.335 e. The van der Waals surface area contributed by atoms with E-state index in [0.717, 1.165) is 67.6 Å². The fourth-order valence-electron chi connectivity index (χ4n) is 2.41. The summed E-state index contributed by atoms with van der Waals surface area (Å²) in [6.45, 7) is 6.49. The molecule has 1 saturated heterocycles. The van der Waals surface area contributed by atoms with Gasteiger partial charge in [-0.3, -0.25) is 4.79 Å². The van der Waals surface area contributed by atoms with Crippen molar-refractivity contribution in [3.63, 3.8) is 0 Å². The number of amides is 1. The second-order valence-electron chi connectivity index (χ2n) is 5.73. The molecule has 0 bridgehead atoms. The first-order chi connectivity index (χ1) is 10.1. The van der Waals surface area contributed by atoms with Crippen LogP contribution < -0.4 is 5.32 Å². The van der Waals surface area contributed by atoms with Crippen LogP contribution in [0.3, 0.4) is 0 Å². The number of aromatic nitrogens is 1. The largest absolute Gasteiger partial charge is 0.335 e. The highest BCUT2D eigenvalue weighted by molar-refractivity contribution is 7.13. The lowest BCUT2D eigenvalue weighted by Crippen LogP contribution is -2.46. The third-order valence-corrected chi connectivity index (χ3v) is 4.75. The second kappa shape index (κ2) is 7.87. The molecule has 0 radical (unpaired) electrons. The van der Waals surface area contributed by atoms with Gasteiger partial charge >= 0.3 is 0 Å². The maximum absolute atomic E-state index is 12.7. The Morgan fingerprint density at radius 2 is 2.05 bits per heavy atom. The van der Waals surface area contributed by atoms with E-state index in [1.807, 2.05) is 4.90 Å². The Balaban J connectivity index is 2.13. The van der Waals surface area contributed by atoms with E-state index in [4.69, 9.17) is 4.98 Å². The maximum atomic E-state index is 12.7. The van der Waals surface area contributed by atoms with Crippen LogP contribution in [0.25, 0.3) is 0 Å². The zero-order valence-electron chi connectivity index (χ0n) is 13.3. The van der Waals surface area contributed by atoms with Crippen LogP contribution in [0, 0.1) is 0 Å². The number of hydrogen-bond acceptors (Lipinski definition) is 5. The second-order valence-corrected chi connectivity index (χ2v) is 6.81. The standard InChI is InChI=1S/C15H26N4OS/c1-4-5-12-14(15(20)19-10-7-16-8-11-19)21-13(17-12)6-9-18(2)3/h16H,4-11H2,1-3H3. The van der Waals surface area contributed by atoms with Crippen molar-refractivity contribution >= 4 is 17.2 Å². The van der Waals surface area contributed by atoms with Crippen LogP contribution in [0.4, 0.5) is 0 Å². The molecule has 2 rings (SSSR count). The first kappa shape index (κ1) is 16.4. The van der Waals surface area contributed by atoms with E-state index in [1.165, 1.54) is 0 Å². The molecular formula is C15H26N4OS. The van der Waals surface area contributed by atoms with Gasteiger partial charge < -0.3 is 15.1 Å². The van der Waals surface area contributed by atoms with E-state index < -0.39 is 0 Å². The van der Waals surface area contributed by atoms with Crippen LogP contribution in [0.1, 0.15) is 33.7 Å². The van der Waals surface area contributed by atoms with E-state index in [0.29, 0.717) is 0 Å². The third kappa shape index (κ3) is 4.49. The van der Waals surface area contributed by atoms with E-state index in [1.54, 1.807) is 11.3 Å². The molecule has 0 spiro atoms. The fraction of sp³-hybridized carbons (Fsp3) is 0.733. The summed E-state index contributed by atoms with van der Waals surface area (Å²) < 4.78 is 0. The number of nitrogens with zero attached hydrogens (tertiary/aromatic N) is 3. The van der Waals surface area contributed by atoms with Gasteiger partial charge in [-0.1, -0.05) is 13.3 Å². The van der Waals surface area contributed by atoms with Crippen LogP contribution in [0.5, 0.6) is 0 Å². The lowest BCUT2D eigenvalue weighted by Gasteiger charge is -2.27. The number of rotatable bonds is 6. The molecule has 2 heterocycles. The molecule has 1 aromatic rings. The Bertz CT molecular complexity index is 466. The van der Waals surface area contributed by atoms with Gasteiger partial charge in [0.05, 0.1) is 10.7 Å². The molecule has 1 aliphatic heterocycles. The molecule has 0 saturated carbocycles. The van der Waals surface area contributed by atoms with E-state index in [2.05, 4.69) is 31.2 Å².